The molecule has 0 radical (unpaired) electrons. The molecular formula is C15H18F2N2S. The van der Waals surface area contributed by atoms with Gasteiger partial charge >= 0.3 is 0 Å². The van der Waals surface area contributed by atoms with E-state index in [2.05, 4.69) is 10.6 Å². The Morgan fingerprint density at radius 2 is 1.90 bits per heavy atom. The van der Waals surface area contributed by atoms with Crippen LogP contribution in [0.1, 0.15) is 38.5 Å². The zero-order valence-corrected chi connectivity index (χ0v) is 12.0. The van der Waals surface area contributed by atoms with Gasteiger partial charge < -0.3 is 10.6 Å². The topological polar surface area (TPSA) is 24.1 Å². The van der Waals surface area contributed by atoms with Gasteiger partial charge in [-0.15, -0.1) is 0 Å². The van der Waals surface area contributed by atoms with Crippen molar-refractivity contribution in [1.29, 1.82) is 0 Å². The molecule has 2 aliphatic rings. The van der Waals surface area contributed by atoms with Crippen molar-refractivity contribution < 1.29 is 8.78 Å². The Hall–Kier alpha value is -1.23. The van der Waals surface area contributed by atoms with Crippen LogP contribution in [0.5, 0.6) is 0 Å². The van der Waals surface area contributed by atoms with Gasteiger partial charge in [0.1, 0.15) is 11.6 Å². The molecule has 2 aliphatic carbocycles. The van der Waals surface area contributed by atoms with Crippen molar-refractivity contribution in [2.75, 3.05) is 5.32 Å². The van der Waals surface area contributed by atoms with E-state index in [1.54, 1.807) is 0 Å². The van der Waals surface area contributed by atoms with E-state index in [1.165, 1.54) is 37.8 Å². The molecule has 3 rings (SSSR count). The summed E-state index contributed by atoms with van der Waals surface area (Å²) in [7, 11) is 0. The molecule has 108 valence electrons. The Bertz CT molecular complexity index is 523. The number of hydrogen-bond acceptors (Lipinski definition) is 1. The zero-order chi connectivity index (χ0) is 14.2. The van der Waals surface area contributed by atoms with Crippen LogP contribution in [0.15, 0.2) is 18.2 Å². The molecule has 0 amide bonds. The first-order chi connectivity index (χ1) is 9.59. The van der Waals surface area contributed by atoms with Gasteiger partial charge in [-0.2, -0.15) is 0 Å². The van der Waals surface area contributed by atoms with Crippen molar-refractivity contribution in [3.63, 3.8) is 0 Å². The molecule has 1 aromatic rings. The summed E-state index contributed by atoms with van der Waals surface area (Å²) in [5, 5.41) is 6.69. The van der Waals surface area contributed by atoms with Crippen molar-refractivity contribution >= 4 is 23.0 Å². The second-order valence-electron chi connectivity index (χ2n) is 5.84. The third kappa shape index (κ3) is 2.77. The Kier molecular flexibility index (Phi) is 3.63. The van der Waals surface area contributed by atoms with Crippen LogP contribution < -0.4 is 10.6 Å². The predicted octanol–water partition coefficient (Wildman–Crippen LogP) is 3.97. The van der Waals surface area contributed by atoms with Crippen molar-refractivity contribution in [1.82, 2.24) is 5.32 Å². The normalized spacial score (nSPS) is 20.7. The van der Waals surface area contributed by atoms with Crippen molar-refractivity contribution in [3.8, 4) is 0 Å². The third-order valence-corrected chi connectivity index (χ3v) is 4.60. The molecule has 0 spiro atoms. The van der Waals surface area contributed by atoms with Crippen LogP contribution in [-0.4, -0.2) is 10.7 Å². The van der Waals surface area contributed by atoms with Gasteiger partial charge in [-0.25, -0.2) is 8.78 Å². The van der Waals surface area contributed by atoms with Gasteiger partial charge in [0, 0.05) is 11.6 Å². The van der Waals surface area contributed by atoms with Crippen LogP contribution in [0.4, 0.5) is 14.5 Å². The number of halogens is 2. The Balaban J connectivity index is 1.67. The highest BCUT2D eigenvalue weighted by Crippen LogP contribution is 2.48. The summed E-state index contributed by atoms with van der Waals surface area (Å²) in [6.07, 6.45) is 7.20. The monoisotopic (exact) mass is 296 g/mol. The lowest BCUT2D eigenvalue weighted by molar-refractivity contribution is 0.340. The summed E-state index contributed by atoms with van der Waals surface area (Å²) in [6, 6.07) is 3.45. The van der Waals surface area contributed by atoms with E-state index in [-0.39, 0.29) is 11.2 Å². The molecule has 0 atom stereocenters. The first kappa shape index (κ1) is 13.7. The van der Waals surface area contributed by atoms with Gasteiger partial charge in [0.25, 0.3) is 0 Å². The quantitative estimate of drug-likeness (QED) is 0.825. The zero-order valence-electron chi connectivity index (χ0n) is 11.2. The van der Waals surface area contributed by atoms with E-state index < -0.39 is 11.6 Å². The van der Waals surface area contributed by atoms with Crippen LogP contribution in [0, 0.1) is 17.6 Å². The maximum absolute atomic E-state index is 13.6. The molecule has 20 heavy (non-hydrogen) atoms. The fourth-order valence-electron chi connectivity index (χ4n) is 3.25. The van der Waals surface area contributed by atoms with E-state index in [9.17, 15) is 8.78 Å². The minimum atomic E-state index is -0.624. The average Bonchev–Trinajstić information content (AvgIpc) is 3.15. The first-order valence-electron chi connectivity index (χ1n) is 7.13. The molecule has 0 unspecified atom stereocenters. The van der Waals surface area contributed by atoms with E-state index in [4.69, 9.17) is 12.2 Å². The smallest absolute Gasteiger partial charge is 0.171 e. The summed E-state index contributed by atoms with van der Waals surface area (Å²) in [5.41, 5.74) is 0.313. The van der Waals surface area contributed by atoms with Crippen molar-refractivity contribution in [2.24, 2.45) is 5.92 Å². The molecule has 2 fully saturated rings. The molecule has 0 aromatic heterocycles. The Morgan fingerprint density at radius 1 is 1.20 bits per heavy atom. The van der Waals surface area contributed by atoms with E-state index in [1.807, 2.05) is 0 Å². The number of anilines is 1. The second kappa shape index (κ2) is 5.28. The number of hydrogen-bond donors (Lipinski definition) is 2. The Labute approximate surface area is 122 Å². The molecule has 0 heterocycles. The van der Waals surface area contributed by atoms with E-state index in [0.29, 0.717) is 11.0 Å². The lowest BCUT2D eigenvalue weighted by Crippen LogP contribution is -2.49. The predicted molar refractivity (Wildman–Crippen MR) is 79.6 cm³/mol. The van der Waals surface area contributed by atoms with Crippen LogP contribution >= 0.6 is 12.2 Å². The highest BCUT2D eigenvalue weighted by atomic mass is 32.1. The number of benzene rings is 1. The first-order valence-corrected chi connectivity index (χ1v) is 7.54. The van der Waals surface area contributed by atoms with E-state index in [0.717, 1.165) is 18.9 Å². The summed E-state index contributed by atoms with van der Waals surface area (Å²) in [5.74, 6) is -0.513. The molecule has 2 N–H and O–H groups in total. The van der Waals surface area contributed by atoms with E-state index >= 15 is 0 Å². The largest absolute Gasteiger partial charge is 0.357 e. The minimum Gasteiger partial charge on any atom is -0.357 e. The minimum absolute atomic E-state index is 0.0978. The number of nitrogens with one attached hydrogen (secondary N) is 2. The fraction of sp³-hybridized carbons (Fsp3) is 0.533. The molecule has 2 saturated carbocycles. The molecule has 0 saturated heterocycles. The van der Waals surface area contributed by atoms with Crippen molar-refractivity contribution in [2.45, 2.75) is 44.1 Å². The molecule has 2 nitrogen and oxygen atoms in total. The standard InChI is InChI=1S/C15H18F2N2S/c16-11-5-6-13(12(17)9-11)18-14(20)19-15(10-3-4-10)7-1-2-8-15/h5-6,9-10H,1-4,7-8H2,(H2,18,19,20). The lowest BCUT2D eigenvalue weighted by Gasteiger charge is -2.32. The molecule has 0 aliphatic heterocycles. The number of thiocarbonyl (C=S) groups is 1. The molecule has 0 bridgehead atoms. The summed E-state index contributed by atoms with van der Waals surface area (Å²) < 4.78 is 26.5. The SMILES string of the molecule is Fc1ccc(NC(=S)NC2(C3CC3)CCCC2)c(F)c1. The number of rotatable bonds is 3. The maximum Gasteiger partial charge on any atom is 0.171 e. The maximum atomic E-state index is 13.6. The molecule has 1 aromatic carbocycles. The fourth-order valence-corrected chi connectivity index (χ4v) is 3.56. The average molecular weight is 296 g/mol. The van der Waals surface area contributed by atoms with Crippen LogP contribution in [0.3, 0.4) is 0 Å². The van der Waals surface area contributed by atoms with Gasteiger partial charge in [-0.05, 0) is 56.0 Å². The van der Waals surface area contributed by atoms with Gasteiger partial charge in [-0.1, -0.05) is 12.8 Å². The van der Waals surface area contributed by atoms with Crippen LogP contribution in [0.2, 0.25) is 0 Å². The third-order valence-electron chi connectivity index (χ3n) is 4.40. The van der Waals surface area contributed by atoms with Crippen LogP contribution in [-0.2, 0) is 0 Å². The summed E-state index contributed by atoms with van der Waals surface area (Å²) in [6.45, 7) is 0. The second-order valence-corrected chi connectivity index (χ2v) is 6.25. The summed E-state index contributed by atoms with van der Waals surface area (Å²) >= 11 is 5.30. The highest BCUT2D eigenvalue weighted by molar-refractivity contribution is 7.80. The lowest BCUT2D eigenvalue weighted by atomic mass is 9.91. The highest BCUT2D eigenvalue weighted by Gasteiger charge is 2.47. The van der Waals surface area contributed by atoms with Gasteiger partial charge in [0.15, 0.2) is 5.11 Å². The molecular weight excluding hydrogens is 278 g/mol. The van der Waals surface area contributed by atoms with Crippen molar-refractivity contribution in [3.05, 3.63) is 29.8 Å². The van der Waals surface area contributed by atoms with Gasteiger partial charge in [-0.3, -0.25) is 0 Å². The van der Waals surface area contributed by atoms with Gasteiger partial charge in [0.05, 0.1) is 5.69 Å². The van der Waals surface area contributed by atoms with Gasteiger partial charge in [0.2, 0.25) is 0 Å². The molecule has 5 heteroatoms. The Morgan fingerprint density at radius 3 is 2.50 bits per heavy atom. The summed E-state index contributed by atoms with van der Waals surface area (Å²) in [4.78, 5) is 0. The van der Waals surface area contributed by atoms with Crippen LogP contribution in [0.25, 0.3) is 0 Å².